The molecule has 0 saturated carbocycles. The zero-order valence-corrected chi connectivity index (χ0v) is 7.29. The normalized spacial score (nSPS) is 6.67. The number of rotatable bonds is 0. The maximum atomic E-state index is 3.38. The molecule has 12 heavy (non-hydrogen) atoms. The third kappa shape index (κ3) is 6.83. The van der Waals surface area contributed by atoms with Crippen molar-refractivity contribution in [1.82, 2.24) is 41.2 Å². The highest BCUT2D eigenvalue weighted by Crippen LogP contribution is 1.44. The molecule has 2 aromatic heterocycles. The molecule has 8 nitrogen and oxygen atoms in total. The predicted octanol–water partition coefficient (Wildman–Crippen LogP) is -0.757. The van der Waals surface area contributed by atoms with Crippen molar-refractivity contribution in [1.29, 1.82) is 0 Å². The number of aromatic nitrogens is 8. The molecule has 2 N–H and O–H groups in total. The lowest BCUT2D eigenvalue weighted by atomic mass is 11.4. The van der Waals surface area contributed by atoms with Gasteiger partial charge in [-0.25, -0.2) is 0 Å². The van der Waals surface area contributed by atoms with E-state index >= 15 is 0 Å². The summed E-state index contributed by atoms with van der Waals surface area (Å²) in [4.78, 5) is 0. The van der Waals surface area contributed by atoms with Gasteiger partial charge in [-0.3, -0.25) is 0 Å². The van der Waals surface area contributed by atoms with Crippen molar-refractivity contribution in [3.05, 3.63) is 12.7 Å². The van der Waals surface area contributed by atoms with Gasteiger partial charge in [0.2, 0.25) is 0 Å². The van der Waals surface area contributed by atoms with E-state index in [0.29, 0.717) is 0 Å². The van der Waals surface area contributed by atoms with E-state index in [0.717, 1.165) is 0 Å². The second-order valence-electron chi connectivity index (χ2n) is 1.12. The van der Waals surface area contributed by atoms with E-state index in [9.17, 15) is 0 Å². The first-order valence-electron chi connectivity index (χ1n) is 2.33. The van der Waals surface area contributed by atoms with Crippen LogP contribution in [0.2, 0.25) is 0 Å². The lowest BCUT2D eigenvalue weighted by Crippen LogP contribution is -1.64. The maximum absolute atomic E-state index is 3.38. The molecule has 0 fully saturated rings. The van der Waals surface area contributed by atoms with Crippen LogP contribution in [0.15, 0.2) is 12.7 Å². The zero-order valence-electron chi connectivity index (χ0n) is 5.65. The second kappa shape index (κ2) is 9.72. The van der Waals surface area contributed by atoms with Crippen LogP contribution in [0.1, 0.15) is 0 Å². The van der Waals surface area contributed by atoms with Crippen LogP contribution in [-0.2, 0) is 0 Å². The maximum Gasteiger partial charge on any atom is 0.161 e. The van der Waals surface area contributed by atoms with Gasteiger partial charge in [0.15, 0.2) is 12.7 Å². The first kappa shape index (κ1) is 13.3. The number of aromatic amines is 2. The van der Waals surface area contributed by atoms with Gasteiger partial charge in [0.1, 0.15) is 0 Å². The lowest BCUT2D eigenvalue weighted by molar-refractivity contribution is 0.881. The number of nitrogens with one attached hydrogen (secondary N) is 2. The van der Waals surface area contributed by atoms with Gasteiger partial charge in [0, 0.05) is 0 Å². The summed E-state index contributed by atoms with van der Waals surface area (Å²) in [5.74, 6) is 0. The summed E-state index contributed by atoms with van der Waals surface area (Å²) >= 11 is 0. The van der Waals surface area contributed by atoms with Gasteiger partial charge >= 0.3 is 0 Å². The van der Waals surface area contributed by atoms with Crippen LogP contribution >= 0.6 is 24.8 Å². The molecule has 0 aliphatic carbocycles. The molecule has 2 aromatic rings. The van der Waals surface area contributed by atoms with E-state index in [-0.39, 0.29) is 24.8 Å². The average molecular weight is 213 g/mol. The van der Waals surface area contributed by atoms with Gasteiger partial charge < -0.3 is 0 Å². The number of H-pyrrole nitrogens is 2. The molecule has 2 rings (SSSR count). The summed E-state index contributed by atoms with van der Waals surface area (Å²) in [6, 6.07) is 0. The summed E-state index contributed by atoms with van der Waals surface area (Å²) in [6.07, 6.45) is 2.67. The molecule has 0 aromatic carbocycles. The van der Waals surface area contributed by atoms with Crippen molar-refractivity contribution in [3.63, 3.8) is 0 Å². The SMILES string of the molecule is Cl.Cl.c1nn[nH]n1.c1nn[nH]n1. The highest BCUT2D eigenvalue weighted by Gasteiger charge is 1.58. The molecule has 10 heteroatoms. The van der Waals surface area contributed by atoms with Gasteiger partial charge in [-0.2, -0.15) is 10.4 Å². The van der Waals surface area contributed by atoms with Crippen LogP contribution in [0.3, 0.4) is 0 Å². The first-order chi connectivity index (χ1) is 5.00. The highest BCUT2D eigenvalue weighted by atomic mass is 35.5. The molecule has 0 aliphatic rings. The number of nitrogens with zero attached hydrogens (tertiary/aromatic N) is 6. The number of halogens is 2. The molecule has 0 saturated heterocycles. The fourth-order valence-electron chi connectivity index (χ4n) is 0.258. The van der Waals surface area contributed by atoms with E-state index in [4.69, 9.17) is 0 Å². The zero-order chi connectivity index (χ0) is 7.07. The molecule has 0 radical (unpaired) electrons. The lowest BCUT2D eigenvalue weighted by Gasteiger charge is -1.44. The van der Waals surface area contributed by atoms with Crippen molar-refractivity contribution in [3.8, 4) is 0 Å². The molecule has 2 heterocycles. The van der Waals surface area contributed by atoms with Crippen LogP contribution in [0.5, 0.6) is 0 Å². The highest BCUT2D eigenvalue weighted by molar-refractivity contribution is 5.85. The van der Waals surface area contributed by atoms with E-state index in [1.165, 1.54) is 12.7 Å². The molecule has 0 aliphatic heterocycles. The van der Waals surface area contributed by atoms with Crippen molar-refractivity contribution in [2.24, 2.45) is 0 Å². The van der Waals surface area contributed by atoms with Gasteiger partial charge in [-0.15, -0.1) is 45.2 Å². The fraction of sp³-hybridized carbons (Fsp3) is 0. The Kier molecular flexibility index (Phi) is 10.8. The van der Waals surface area contributed by atoms with E-state index < -0.39 is 0 Å². The molecular formula is C2H6Cl2N8. The van der Waals surface area contributed by atoms with Crippen LogP contribution in [-0.4, -0.2) is 41.2 Å². The number of hydrogen-bond donors (Lipinski definition) is 2. The van der Waals surface area contributed by atoms with E-state index in [1.807, 2.05) is 0 Å². The Balaban J connectivity index is 0. The van der Waals surface area contributed by atoms with Crippen LogP contribution in [0, 0.1) is 0 Å². The Morgan fingerprint density at radius 2 is 1.17 bits per heavy atom. The van der Waals surface area contributed by atoms with Crippen LogP contribution < -0.4 is 0 Å². The Bertz CT molecular complexity index is 154. The van der Waals surface area contributed by atoms with Crippen molar-refractivity contribution in [2.45, 2.75) is 0 Å². The summed E-state index contributed by atoms with van der Waals surface area (Å²) in [6.45, 7) is 0. The molecule has 68 valence electrons. The molecule has 0 spiro atoms. The summed E-state index contributed by atoms with van der Waals surface area (Å²) in [5, 5.41) is 24.3. The number of hydrogen-bond acceptors (Lipinski definition) is 6. The molecule has 0 atom stereocenters. The smallest absolute Gasteiger partial charge is 0.161 e. The minimum Gasteiger partial charge on any atom is -0.177 e. The van der Waals surface area contributed by atoms with Crippen molar-refractivity contribution >= 4 is 24.8 Å². The molecule has 0 amide bonds. The van der Waals surface area contributed by atoms with Gasteiger partial charge in [0.05, 0.1) is 0 Å². The molecule has 0 unspecified atom stereocenters. The van der Waals surface area contributed by atoms with Crippen molar-refractivity contribution < 1.29 is 0 Å². The first-order valence-corrected chi connectivity index (χ1v) is 2.33. The summed E-state index contributed by atoms with van der Waals surface area (Å²) in [7, 11) is 0. The van der Waals surface area contributed by atoms with Crippen LogP contribution in [0.4, 0.5) is 0 Å². The Labute approximate surface area is 79.3 Å². The van der Waals surface area contributed by atoms with Gasteiger partial charge in [0.25, 0.3) is 0 Å². The van der Waals surface area contributed by atoms with Gasteiger partial charge in [-0.1, -0.05) is 10.4 Å². The Morgan fingerprint density at radius 3 is 1.25 bits per heavy atom. The Hall–Kier alpha value is -1.28. The van der Waals surface area contributed by atoms with E-state index in [1.54, 1.807) is 0 Å². The standard InChI is InChI=1S/2CH2N4.2ClH/c2*1-2-4-5-3-1;;/h2*1H,(H,2,3,4,5);2*1H. The topological polar surface area (TPSA) is 109 Å². The van der Waals surface area contributed by atoms with Crippen LogP contribution in [0.25, 0.3) is 0 Å². The number of tetrazole rings is 2. The fourth-order valence-corrected chi connectivity index (χ4v) is 0.258. The quantitative estimate of drug-likeness (QED) is 0.595. The minimum absolute atomic E-state index is 0. The Morgan fingerprint density at radius 1 is 0.750 bits per heavy atom. The molecular weight excluding hydrogens is 207 g/mol. The average Bonchev–Trinajstić information content (AvgIpc) is 2.67. The third-order valence-corrected chi connectivity index (χ3v) is 0.539. The monoisotopic (exact) mass is 212 g/mol. The minimum atomic E-state index is 0. The predicted molar refractivity (Wildman–Crippen MR) is 42.9 cm³/mol. The van der Waals surface area contributed by atoms with Gasteiger partial charge in [-0.05, 0) is 0 Å². The largest absolute Gasteiger partial charge is 0.177 e. The second-order valence-corrected chi connectivity index (χ2v) is 1.12. The third-order valence-electron chi connectivity index (χ3n) is 0.539. The van der Waals surface area contributed by atoms with Crippen molar-refractivity contribution in [2.75, 3.05) is 0 Å². The summed E-state index contributed by atoms with van der Waals surface area (Å²) in [5.41, 5.74) is 0. The summed E-state index contributed by atoms with van der Waals surface area (Å²) < 4.78 is 0. The molecule has 0 bridgehead atoms. The van der Waals surface area contributed by atoms with E-state index in [2.05, 4.69) is 41.2 Å².